The first-order valence-electron chi connectivity index (χ1n) is 27.1. The first-order valence-corrected chi connectivity index (χ1v) is 27.1. The lowest BCUT2D eigenvalue weighted by atomic mass is 10.0. The Bertz CT molecular complexity index is 873. The zero-order valence-electron chi connectivity index (χ0n) is 41.2. The molecule has 0 amide bonds. The van der Waals surface area contributed by atoms with Gasteiger partial charge in [-0.2, -0.15) is 0 Å². The van der Waals surface area contributed by atoms with Crippen molar-refractivity contribution in [2.75, 3.05) is 0 Å². The van der Waals surface area contributed by atoms with Crippen LogP contribution >= 0.6 is 0 Å². The molecule has 60 heavy (non-hydrogen) atoms. The summed E-state index contributed by atoms with van der Waals surface area (Å²) in [4.78, 5) is 13.4. The van der Waals surface area contributed by atoms with Crippen LogP contribution in [0.25, 0.3) is 0 Å². The number of carbonyl (C=O) groups is 1. The molecule has 0 aromatic carbocycles. The molecule has 0 heterocycles. The third-order valence-electron chi connectivity index (χ3n) is 12.2. The highest BCUT2D eigenvalue weighted by atomic mass is 16.7. The number of allylic oxidation sites excluding steroid dienone is 8. The molecule has 352 valence electrons. The molecule has 2 atom stereocenters. The van der Waals surface area contributed by atoms with Gasteiger partial charge in [0, 0.05) is 0 Å². The van der Waals surface area contributed by atoms with E-state index in [0.29, 0.717) is 0 Å². The smallest absolute Gasteiger partial charge is 0.431 e. The average Bonchev–Trinajstić information content (AvgIpc) is 3.25. The van der Waals surface area contributed by atoms with Gasteiger partial charge in [-0.15, -0.1) is 0 Å². The Hall–Kier alpha value is -1.77. The van der Waals surface area contributed by atoms with Crippen molar-refractivity contribution >= 4 is 6.16 Å². The van der Waals surface area contributed by atoms with Crippen LogP contribution in [0.2, 0.25) is 0 Å². The van der Waals surface area contributed by atoms with Crippen molar-refractivity contribution in [3.05, 3.63) is 48.6 Å². The first-order chi connectivity index (χ1) is 29.7. The summed E-state index contributed by atoms with van der Waals surface area (Å²) >= 11 is 0. The van der Waals surface area contributed by atoms with E-state index in [4.69, 9.17) is 9.47 Å². The van der Waals surface area contributed by atoms with Crippen molar-refractivity contribution < 1.29 is 14.3 Å². The fraction of sp³-hybridized carbons (Fsp3) is 0.842. The minimum atomic E-state index is -0.394. The first kappa shape index (κ1) is 58.2. The Kier molecular flexibility index (Phi) is 50.1. The minimum Gasteiger partial charge on any atom is -0.431 e. The van der Waals surface area contributed by atoms with Gasteiger partial charge in [-0.3, -0.25) is 0 Å². The lowest BCUT2D eigenvalue weighted by molar-refractivity contribution is -0.0121. The molecule has 0 saturated carbocycles. The summed E-state index contributed by atoms with van der Waals surface area (Å²) in [6.45, 7) is 9.11. The maximum atomic E-state index is 13.4. The number of ether oxygens (including phenoxy) is 2. The highest BCUT2D eigenvalue weighted by Crippen LogP contribution is 2.21. The van der Waals surface area contributed by atoms with Gasteiger partial charge in [-0.25, -0.2) is 4.79 Å². The highest BCUT2D eigenvalue weighted by molar-refractivity contribution is 5.60. The predicted octanol–water partition coefficient (Wildman–Crippen LogP) is 20.6. The van der Waals surface area contributed by atoms with Crippen LogP contribution in [0.4, 0.5) is 4.79 Å². The van der Waals surface area contributed by atoms with Crippen molar-refractivity contribution in [2.45, 2.75) is 310 Å². The Morgan fingerprint density at radius 2 is 0.517 bits per heavy atom. The van der Waals surface area contributed by atoms with Crippen molar-refractivity contribution in [3.8, 4) is 0 Å². The summed E-state index contributed by atoms with van der Waals surface area (Å²) in [6.07, 6.45) is 70.5. The van der Waals surface area contributed by atoms with Crippen LogP contribution in [0, 0.1) is 0 Å². The molecule has 0 fully saturated rings. The van der Waals surface area contributed by atoms with Crippen molar-refractivity contribution in [1.82, 2.24) is 0 Å². The van der Waals surface area contributed by atoms with Crippen molar-refractivity contribution in [1.29, 1.82) is 0 Å². The molecule has 0 aliphatic heterocycles. The van der Waals surface area contributed by atoms with E-state index < -0.39 is 6.16 Å². The summed E-state index contributed by atoms with van der Waals surface area (Å²) in [5, 5.41) is 0. The second-order valence-electron chi connectivity index (χ2n) is 18.3. The molecule has 3 heteroatoms. The molecule has 2 unspecified atom stereocenters. The van der Waals surface area contributed by atoms with Gasteiger partial charge in [0.25, 0.3) is 0 Å². The van der Waals surface area contributed by atoms with Gasteiger partial charge in [-0.1, -0.05) is 230 Å². The van der Waals surface area contributed by atoms with Gasteiger partial charge < -0.3 is 9.47 Å². The lowest BCUT2D eigenvalue weighted by Gasteiger charge is -2.22. The molecule has 0 saturated heterocycles. The van der Waals surface area contributed by atoms with Crippen molar-refractivity contribution in [2.24, 2.45) is 0 Å². The molecule has 3 nitrogen and oxygen atoms in total. The van der Waals surface area contributed by atoms with E-state index in [0.717, 1.165) is 64.2 Å². The summed E-state index contributed by atoms with van der Waals surface area (Å²) in [5.41, 5.74) is 0. The fourth-order valence-electron chi connectivity index (χ4n) is 8.20. The number of carbonyl (C=O) groups excluding carboxylic acids is 1. The zero-order chi connectivity index (χ0) is 43.5. The van der Waals surface area contributed by atoms with E-state index in [1.165, 1.54) is 205 Å². The Labute approximate surface area is 377 Å². The van der Waals surface area contributed by atoms with E-state index in [2.05, 4.69) is 76.3 Å². The van der Waals surface area contributed by atoms with Gasteiger partial charge in [0.1, 0.15) is 12.2 Å². The van der Waals surface area contributed by atoms with Crippen LogP contribution in [-0.2, 0) is 9.47 Å². The van der Waals surface area contributed by atoms with Crippen LogP contribution in [0.15, 0.2) is 48.6 Å². The largest absolute Gasteiger partial charge is 0.508 e. The normalized spacial score (nSPS) is 13.1. The van der Waals surface area contributed by atoms with E-state index >= 15 is 0 Å². The number of unbranched alkanes of at least 4 members (excludes halogenated alkanes) is 30. The standard InChI is InChI=1S/C57H106O3/c1-5-9-13-17-21-25-27-29-31-33-35-37-41-45-49-53-55(51-47-43-39-23-19-15-11-7-3)59-57(58)60-56(52-48-44-40-24-20-16-12-8-4)54-50-46-42-38-36-34-32-30-28-26-22-18-14-10-6-2/h21-22,25-26,29-32,55-56H,5-20,23-24,27-28,33-54H2,1-4H3/b25-21-,26-22-,31-29-,32-30-. The third-order valence-corrected chi connectivity index (χ3v) is 12.2. The Morgan fingerprint density at radius 1 is 0.300 bits per heavy atom. The third kappa shape index (κ3) is 47.3. The molecule has 0 bridgehead atoms. The van der Waals surface area contributed by atoms with E-state index in [-0.39, 0.29) is 12.2 Å². The summed E-state index contributed by atoms with van der Waals surface area (Å²) in [5.74, 6) is 0. The molecular weight excluding hydrogens is 733 g/mol. The van der Waals surface area contributed by atoms with Gasteiger partial charge in [0.2, 0.25) is 0 Å². The Morgan fingerprint density at radius 3 is 0.800 bits per heavy atom. The second-order valence-corrected chi connectivity index (χ2v) is 18.3. The SMILES string of the molecule is CCCCC/C=C\C/C=C\CCCCCCCC(CCCCCCCCCC)OC(=O)OC(CCCCCCC/C=C\C/C=C\CCCCC)CCCCCCCCCC. The quantitative estimate of drug-likeness (QED) is 0.0348. The van der Waals surface area contributed by atoms with Crippen LogP contribution in [0.1, 0.15) is 297 Å². The molecular formula is C57H106O3. The van der Waals surface area contributed by atoms with Crippen LogP contribution in [0.3, 0.4) is 0 Å². The molecule has 0 N–H and O–H groups in total. The second kappa shape index (κ2) is 51.6. The maximum Gasteiger partial charge on any atom is 0.508 e. The van der Waals surface area contributed by atoms with Crippen LogP contribution in [0.5, 0.6) is 0 Å². The number of hydrogen-bond donors (Lipinski definition) is 0. The maximum absolute atomic E-state index is 13.4. The summed E-state index contributed by atoms with van der Waals surface area (Å²) in [7, 11) is 0. The lowest BCUT2D eigenvalue weighted by Crippen LogP contribution is -2.24. The monoisotopic (exact) mass is 839 g/mol. The molecule has 0 rings (SSSR count). The van der Waals surface area contributed by atoms with Gasteiger partial charge in [0.15, 0.2) is 0 Å². The predicted molar refractivity (Wildman–Crippen MR) is 268 cm³/mol. The molecule has 0 aliphatic rings. The summed E-state index contributed by atoms with van der Waals surface area (Å²) in [6, 6.07) is 0. The van der Waals surface area contributed by atoms with Gasteiger partial charge in [-0.05, 0) is 116 Å². The minimum absolute atomic E-state index is 0.00445. The molecule has 0 radical (unpaired) electrons. The zero-order valence-corrected chi connectivity index (χ0v) is 41.2. The number of rotatable bonds is 48. The van der Waals surface area contributed by atoms with Crippen LogP contribution < -0.4 is 0 Å². The van der Waals surface area contributed by atoms with E-state index in [1.54, 1.807) is 0 Å². The van der Waals surface area contributed by atoms with Gasteiger partial charge in [0.05, 0.1) is 0 Å². The topological polar surface area (TPSA) is 35.5 Å². The van der Waals surface area contributed by atoms with E-state index in [9.17, 15) is 4.79 Å². The fourth-order valence-corrected chi connectivity index (χ4v) is 8.20. The Balaban J connectivity index is 4.81. The molecule has 0 spiro atoms. The van der Waals surface area contributed by atoms with Gasteiger partial charge >= 0.3 is 6.16 Å². The molecule has 0 aliphatic carbocycles. The number of hydrogen-bond acceptors (Lipinski definition) is 3. The average molecular weight is 839 g/mol. The van der Waals surface area contributed by atoms with E-state index in [1.807, 2.05) is 0 Å². The van der Waals surface area contributed by atoms with Crippen LogP contribution in [-0.4, -0.2) is 18.4 Å². The van der Waals surface area contributed by atoms with Crippen molar-refractivity contribution in [3.63, 3.8) is 0 Å². The highest BCUT2D eigenvalue weighted by Gasteiger charge is 2.20. The molecule has 0 aromatic rings. The molecule has 0 aromatic heterocycles. The summed E-state index contributed by atoms with van der Waals surface area (Å²) < 4.78 is 12.4.